The third-order valence-corrected chi connectivity index (χ3v) is 1.20. The zero-order valence-electron chi connectivity index (χ0n) is 6.10. The molecule has 1 aromatic rings. The van der Waals surface area contributed by atoms with Crippen LogP contribution in [-0.4, -0.2) is 23.2 Å². The van der Waals surface area contributed by atoms with E-state index in [1.165, 1.54) is 11.3 Å². The van der Waals surface area contributed by atoms with Crippen molar-refractivity contribution in [3.05, 3.63) is 6.33 Å². The molecule has 1 heterocycles. The van der Waals surface area contributed by atoms with E-state index in [1.54, 1.807) is 0 Å². The van der Waals surface area contributed by atoms with Gasteiger partial charge in [0.1, 0.15) is 0 Å². The SMILES string of the molecule is NCCCN(N)c1ncno1. The van der Waals surface area contributed by atoms with Crippen molar-refractivity contribution in [2.45, 2.75) is 6.42 Å². The molecular weight excluding hydrogens is 146 g/mol. The average Bonchev–Trinajstić information content (AvgIpc) is 2.52. The minimum atomic E-state index is 0.318. The van der Waals surface area contributed by atoms with Gasteiger partial charge in [-0.3, -0.25) is 5.01 Å². The molecule has 0 bridgehead atoms. The van der Waals surface area contributed by atoms with E-state index in [2.05, 4.69) is 10.1 Å². The van der Waals surface area contributed by atoms with Crippen molar-refractivity contribution < 1.29 is 4.52 Å². The number of hydrogen-bond donors (Lipinski definition) is 2. The molecule has 0 spiro atoms. The van der Waals surface area contributed by atoms with E-state index in [0.717, 1.165) is 6.42 Å². The van der Waals surface area contributed by atoms with Crippen LogP contribution in [-0.2, 0) is 0 Å². The van der Waals surface area contributed by atoms with Gasteiger partial charge >= 0.3 is 6.01 Å². The van der Waals surface area contributed by atoms with Gasteiger partial charge in [-0.05, 0) is 13.0 Å². The zero-order valence-corrected chi connectivity index (χ0v) is 6.10. The second kappa shape index (κ2) is 3.89. The van der Waals surface area contributed by atoms with Crippen LogP contribution in [0, 0.1) is 0 Å². The molecule has 0 aliphatic carbocycles. The largest absolute Gasteiger partial charge is 0.337 e. The Morgan fingerprint density at radius 1 is 1.64 bits per heavy atom. The number of rotatable bonds is 4. The van der Waals surface area contributed by atoms with Gasteiger partial charge < -0.3 is 10.3 Å². The second-order valence-electron chi connectivity index (χ2n) is 2.06. The second-order valence-corrected chi connectivity index (χ2v) is 2.06. The molecule has 0 amide bonds. The summed E-state index contributed by atoms with van der Waals surface area (Å²) in [5.74, 6) is 5.51. The van der Waals surface area contributed by atoms with Crippen molar-refractivity contribution in [2.75, 3.05) is 18.1 Å². The minimum absolute atomic E-state index is 0.318. The summed E-state index contributed by atoms with van der Waals surface area (Å²) in [5, 5.41) is 4.79. The van der Waals surface area contributed by atoms with Crippen molar-refractivity contribution in [2.24, 2.45) is 11.6 Å². The first-order valence-corrected chi connectivity index (χ1v) is 3.33. The molecule has 11 heavy (non-hydrogen) atoms. The maximum absolute atomic E-state index is 5.51. The van der Waals surface area contributed by atoms with Crippen LogP contribution in [0.3, 0.4) is 0 Å². The Morgan fingerprint density at radius 3 is 3.00 bits per heavy atom. The topological polar surface area (TPSA) is 94.2 Å². The lowest BCUT2D eigenvalue weighted by molar-refractivity contribution is 0.412. The molecule has 0 saturated heterocycles. The van der Waals surface area contributed by atoms with Crippen molar-refractivity contribution in [1.82, 2.24) is 10.1 Å². The van der Waals surface area contributed by atoms with Gasteiger partial charge in [-0.15, -0.1) is 0 Å². The lowest BCUT2D eigenvalue weighted by atomic mass is 10.4. The summed E-state index contributed by atoms with van der Waals surface area (Å²) in [7, 11) is 0. The maximum Gasteiger partial charge on any atom is 0.337 e. The number of nitrogens with zero attached hydrogens (tertiary/aromatic N) is 3. The van der Waals surface area contributed by atoms with Crippen LogP contribution in [0.15, 0.2) is 10.9 Å². The van der Waals surface area contributed by atoms with E-state index >= 15 is 0 Å². The van der Waals surface area contributed by atoms with Gasteiger partial charge in [0.25, 0.3) is 0 Å². The lowest BCUT2D eigenvalue weighted by Gasteiger charge is -2.10. The van der Waals surface area contributed by atoms with Crippen LogP contribution in [0.5, 0.6) is 0 Å². The Bertz CT molecular complexity index is 187. The number of hydrogen-bond acceptors (Lipinski definition) is 6. The highest BCUT2D eigenvalue weighted by Gasteiger charge is 2.04. The van der Waals surface area contributed by atoms with Gasteiger partial charge in [0, 0.05) is 6.54 Å². The number of anilines is 1. The van der Waals surface area contributed by atoms with Crippen molar-refractivity contribution >= 4 is 6.01 Å². The fraction of sp³-hybridized carbons (Fsp3) is 0.600. The van der Waals surface area contributed by atoms with Crippen LogP contribution in [0.1, 0.15) is 6.42 Å². The summed E-state index contributed by atoms with van der Waals surface area (Å²) in [4.78, 5) is 3.75. The molecule has 6 nitrogen and oxygen atoms in total. The fourth-order valence-electron chi connectivity index (χ4n) is 0.651. The van der Waals surface area contributed by atoms with E-state index < -0.39 is 0 Å². The molecule has 4 N–H and O–H groups in total. The summed E-state index contributed by atoms with van der Waals surface area (Å²) < 4.78 is 4.69. The quantitative estimate of drug-likeness (QED) is 0.434. The first-order valence-electron chi connectivity index (χ1n) is 3.33. The molecule has 0 unspecified atom stereocenters. The zero-order chi connectivity index (χ0) is 8.10. The Labute approximate surface area is 64.1 Å². The van der Waals surface area contributed by atoms with Crippen LogP contribution < -0.4 is 16.6 Å². The third kappa shape index (κ3) is 2.17. The molecule has 0 radical (unpaired) electrons. The van der Waals surface area contributed by atoms with Gasteiger partial charge in [0.05, 0.1) is 0 Å². The maximum atomic E-state index is 5.51. The molecule has 0 saturated carbocycles. The highest BCUT2D eigenvalue weighted by atomic mass is 16.5. The van der Waals surface area contributed by atoms with Crippen LogP contribution in [0.2, 0.25) is 0 Å². The monoisotopic (exact) mass is 157 g/mol. The average molecular weight is 157 g/mol. The smallest absolute Gasteiger partial charge is 0.330 e. The number of hydrazine groups is 1. The van der Waals surface area contributed by atoms with Gasteiger partial charge in [0.15, 0.2) is 6.33 Å². The van der Waals surface area contributed by atoms with Gasteiger partial charge in [-0.1, -0.05) is 5.16 Å². The molecule has 6 heteroatoms. The Morgan fingerprint density at radius 2 is 2.45 bits per heavy atom. The van der Waals surface area contributed by atoms with Crippen molar-refractivity contribution in [3.63, 3.8) is 0 Å². The first kappa shape index (κ1) is 7.96. The van der Waals surface area contributed by atoms with E-state index in [4.69, 9.17) is 16.1 Å². The van der Waals surface area contributed by atoms with Crippen LogP contribution in [0.4, 0.5) is 6.01 Å². The van der Waals surface area contributed by atoms with Gasteiger partial charge in [-0.25, -0.2) is 5.84 Å². The lowest BCUT2D eigenvalue weighted by Crippen LogP contribution is -2.33. The standard InChI is InChI=1S/C5H11N5O/c6-2-1-3-10(7)5-8-4-9-11-5/h4H,1-3,6-7H2. The third-order valence-electron chi connectivity index (χ3n) is 1.20. The highest BCUT2D eigenvalue weighted by Crippen LogP contribution is 2.02. The van der Waals surface area contributed by atoms with E-state index in [1.807, 2.05) is 0 Å². The van der Waals surface area contributed by atoms with E-state index in [-0.39, 0.29) is 0 Å². The molecule has 1 aromatic heterocycles. The first-order chi connectivity index (χ1) is 5.34. The summed E-state index contributed by atoms with van der Waals surface area (Å²) in [6.07, 6.45) is 2.11. The molecule has 62 valence electrons. The van der Waals surface area contributed by atoms with Crippen LogP contribution >= 0.6 is 0 Å². The Kier molecular flexibility index (Phi) is 2.82. The van der Waals surface area contributed by atoms with Gasteiger partial charge in [0.2, 0.25) is 0 Å². The van der Waals surface area contributed by atoms with E-state index in [9.17, 15) is 0 Å². The van der Waals surface area contributed by atoms with Crippen molar-refractivity contribution in [3.8, 4) is 0 Å². The predicted molar refractivity (Wildman–Crippen MR) is 39.5 cm³/mol. The van der Waals surface area contributed by atoms with E-state index in [0.29, 0.717) is 19.1 Å². The fourth-order valence-corrected chi connectivity index (χ4v) is 0.651. The molecule has 1 rings (SSSR count). The summed E-state index contributed by atoms with van der Waals surface area (Å²) in [6, 6.07) is 0.318. The highest BCUT2D eigenvalue weighted by molar-refractivity contribution is 5.18. The molecule has 0 aromatic carbocycles. The summed E-state index contributed by atoms with van der Waals surface area (Å²) in [6.45, 7) is 1.22. The van der Waals surface area contributed by atoms with Crippen LogP contribution in [0.25, 0.3) is 0 Å². The molecule has 0 fully saturated rings. The Balaban J connectivity index is 2.36. The molecule has 0 aliphatic rings. The minimum Gasteiger partial charge on any atom is -0.330 e. The molecular formula is C5H11N5O. The number of aromatic nitrogens is 2. The summed E-state index contributed by atoms with van der Waals surface area (Å²) in [5.41, 5.74) is 5.28. The van der Waals surface area contributed by atoms with Crippen molar-refractivity contribution in [1.29, 1.82) is 0 Å². The Hall–Kier alpha value is -1.14. The normalized spacial score (nSPS) is 10.0. The van der Waals surface area contributed by atoms with Gasteiger partial charge in [-0.2, -0.15) is 4.98 Å². The number of nitrogens with two attached hydrogens (primary N) is 2. The predicted octanol–water partition coefficient (Wildman–Crippen LogP) is -0.901. The molecule has 0 aliphatic heterocycles. The summed E-state index contributed by atoms with van der Waals surface area (Å²) >= 11 is 0. The molecule has 0 atom stereocenters.